The van der Waals surface area contributed by atoms with Gasteiger partial charge in [0.15, 0.2) is 0 Å². The molecular weight excluding hydrogens is 318 g/mol. The van der Waals surface area contributed by atoms with Crippen molar-refractivity contribution in [3.63, 3.8) is 0 Å². The molecule has 1 heterocycles. The standard InChI is InChI=1S/C11H10BrN3S2/c12-7-1-2-9(11(13)16)10(3-7)15-5-8-4-14-6-17-8/h1-4,6,15H,5H2,(H2,13,16). The molecule has 0 bridgehead atoms. The topological polar surface area (TPSA) is 50.9 Å². The van der Waals surface area contributed by atoms with Gasteiger partial charge in [0.25, 0.3) is 0 Å². The Morgan fingerprint density at radius 3 is 3.00 bits per heavy atom. The molecular formula is C11H10BrN3S2. The van der Waals surface area contributed by atoms with E-state index in [0.717, 1.165) is 22.3 Å². The van der Waals surface area contributed by atoms with E-state index in [1.807, 2.05) is 29.9 Å². The lowest BCUT2D eigenvalue weighted by molar-refractivity contribution is 1.17. The first-order valence-corrected chi connectivity index (χ1v) is 6.95. The van der Waals surface area contributed by atoms with Crippen LogP contribution >= 0.6 is 39.5 Å². The number of nitrogens with two attached hydrogens (primary N) is 1. The van der Waals surface area contributed by atoms with Gasteiger partial charge in [0.1, 0.15) is 4.99 Å². The summed E-state index contributed by atoms with van der Waals surface area (Å²) in [5.41, 5.74) is 9.28. The number of hydrogen-bond acceptors (Lipinski definition) is 4. The molecule has 0 saturated carbocycles. The number of aromatic nitrogens is 1. The minimum absolute atomic E-state index is 0.393. The van der Waals surface area contributed by atoms with Gasteiger partial charge >= 0.3 is 0 Å². The number of nitrogens with zero attached hydrogens (tertiary/aromatic N) is 1. The van der Waals surface area contributed by atoms with Crippen LogP contribution < -0.4 is 11.1 Å². The number of thiocarbonyl (C=S) groups is 1. The fourth-order valence-electron chi connectivity index (χ4n) is 1.39. The first-order valence-electron chi connectivity index (χ1n) is 4.87. The van der Waals surface area contributed by atoms with Crippen molar-refractivity contribution in [3.8, 4) is 0 Å². The maximum Gasteiger partial charge on any atom is 0.106 e. The summed E-state index contributed by atoms with van der Waals surface area (Å²) in [6.45, 7) is 0.719. The fourth-order valence-corrected chi connectivity index (χ4v) is 2.46. The van der Waals surface area contributed by atoms with Gasteiger partial charge in [0, 0.05) is 26.8 Å². The van der Waals surface area contributed by atoms with Crippen molar-refractivity contribution >= 4 is 50.2 Å². The molecule has 2 aromatic rings. The minimum Gasteiger partial charge on any atom is -0.389 e. The van der Waals surface area contributed by atoms with Gasteiger partial charge in [-0.15, -0.1) is 11.3 Å². The van der Waals surface area contributed by atoms with Crippen LogP contribution in [0, 0.1) is 0 Å². The summed E-state index contributed by atoms with van der Waals surface area (Å²) in [4.78, 5) is 5.59. The largest absolute Gasteiger partial charge is 0.389 e. The van der Waals surface area contributed by atoms with Crippen LogP contribution in [0.4, 0.5) is 5.69 Å². The Morgan fingerprint density at radius 1 is 1.53 bits per heavy atom. The summed E-state index contributed by atoms with van der Waals surface area (Å²) in [6, 6.07) is 5.79. The minimum atomic E-state index is 0.393. The van der Waals surface area contributed by atoms with Crippen LogP contribution in [-0.4, -0.2) is 9.97 Å². The summed E-state index contributed by atoms with van der Waals surface area (Å²) in [5.74, 6) is 0. The Labute approximate surface area is 117 Å². The van der Waals surface area contributed by atoms with Gasteiger partial charge in [0.2, 0.25) is 0 Å². The molecule has 0 aliphatic carbocycles. The Hall–Kier alpha value is -0.980. The second-order valence-electron chi connectivity index (χ2n) is 3.38. The smallest absolute Gasteiger partial charge is 0.106 e. The van der Waals surface area contributed by atoms with Gasteiger partial charge in [-0.2, -0.15) is 0 Å². The SMILES string of the molecule is NC(=S)c1ccc(Br)cc1NCc1cncs1. The van der Waals surface area contributed by atoms with Crippen LogP contribution in [0.25, 0.3) is 0 Å². The number of rotatable bonds is 4. The molecule has 0 amide bonds. The predicted octanol–water partition coefficient (Wildman–Crippen LogP) is 3.15. The van der Waals surface area contributed by atoms with Gasteiger partial charge < -0.3 is 11.1 Å². The number of nitrogens with one attached hydrogen (secondary N) is 1. The summed E-state index contributed by atoms with van der Waals surface area (Å²) < 4.78 is 0.990. The van der Waals surface area contributed by atoms with E-state index in [0.29, 0.717) is 4.99 Å². The molecule has 0 saturated heterocycles. The molecule has 88 valence electrons. The summed E-state index contributed by atoms with van der Waals surface area (Å²) in [6.07, 6.45) is 1.84. The van der Waals surface area contributed by atoms with Crippen molar-refractivity contribution in [3.05, 3.63) is 44.8 Å². The third kappa shape index (κ3) is 3.24. The van der Waals surface area contributed by atoms with Crippen LogP contribution in [0.1, 0.15) is 10.4 Å². The van der Waals surface area contributed by atoms with E-state index in [-0.39, 0.29) is 0 Å². The average molecular weight is 328 g/mol. The van der Waals surface area contributed by atoms with Crippen molar-refractivity contribution in [1.82, 2.24) is 4.98 Å². The van der Waals surface area contributed by atoms with Gasteiger partial charge in [0.05, 0.1) is 12.1 Å². The summed E-state index contributed by atoms with van der Waals surface area (Å²) in [5, 5.41) is 3.31. The molecule has 2 rings (SSSR count). The highest BCUT2D eigenvalue weighted by Crippen LogP contribution is 2.22. The van der Waals surface area contributed by atoms with Crippen molar-refractivity contribution in [1.29, 1.82) is 0 Å². The number of halogens is 1. The van der Waals surface area contributed by atoms with Crippen LogP contribution in [0.2, 0.25) is 0 Å². The quantitative estimate of drug-likeness (QED) is 0.847. The average Bonchev–Trinajstić information content (AvgIpc) is 2.78. The predicted molar refractivity (Wildman–Crippen MR) is 79.5 cm³/mol. The fraction of sp³-hybridized carbons (Fsp3) is 0.0909. The maximum absolute atomic E-state index is 5.68. The zero-order valence-electron chi connectivity index (χ0n) is 8.81. The number of thiazole rings is 1. The molecule has 0 unspecified atom stereocenters. The lowest BCUT2D eigenvalue weighted by Gasteiger charge is -2.10. The first-order chi connectivity index (χ1) is 8.16. The van der Waals surface area contributed by atoms with Crippen LogP contribution in [0.3, 0.4) is 0 Å². The monoisotopic (exact) mass is 327 g/mol. The normalized spacial score (nSPS) is 10.2. The number of anilines is 1. The highest BCUT2D eigenvalue weighted by Gasteiger charge is 2.06. The first kappa shape index (κ1) is 12.5. The maximum atomic E-state index is 5.68. The second kappa shape index (κ2) is 5.57. The van der Waals surface area contributed by atoms with Crippen LogP contribution in [0.5, 0.6) is 0 Å². The zero-order chi connectivity index (χ0) is 12.3. The molecule has 17 heavy (non-hydrogen) atoms. The Morgan fingerprint density at radius 2 is 2.35 bits per heavy atom. The Balaban J connectivity index is 2.19. The van der Waals surface area contributed by atoms with E-state index in [4.69, 9.17) is 18.0 Å². The van der Waals surface area contributed by atoms with Crippen molar-refractivity contribution in [2.75, 3.05) is 5.32 Å². The Kier molecular flexibility index (Phi) is 4.09. The lowest BCUT2D eigenvalue weighted by Crippen LogP contribution is -2.13. The van der Waals surface area contributed by atoms with Crippen molar-refractivity contribution in [2.24, 2.45) is 5.73 Å². The van der Waals surface area contributed by atoms with E-state index in [9.17, 15) is 0 Å². The zero-order valence-corrected chi connectivity index (χ0v) is 12.0. The molecule has 3 N–H and O–H groups in total. The lowest BCUT2D eigenvalue weighted by atomic mass is 10.2. The van der Waals surface area contributed by atoms with Gasteiger partial charge in [-0.1, -0.05) is 28.1 Å². The second-order valence-corrected chi connectivity index (χ2v) is 5.70. The molecule has 6 heteroatoms. The number of benzene rings is 1. The van der Waals surface area contributed by atoms with E-state index in [1.54, 1.807) is 11.3 Å². The van der Waals surface area contributed by atoms with Gasteiger partial charge in [-0.3, -0.25) is 4.98 Å². The van der Waals surface area contributed by atoms with E-state index >= 15 is 0 Å². The summed E-state index contributed by atoms with van der Waals surface area (Å²) >= 11 is 10.1. The van der Waals surface area contributed by atoms with Crippen LogP contribution in [-0.2, 0) is 6.54 Å². The van der Waals surface area contributed by atoms with E-state index < -0.39 is 0 Å². The van der Waals surface area contributed by atoms with Crippen LogP contribution in [0.15, 0.2) is 34.4 Å². The third-order valence-corrected chi connectivity index (χ3v) is 3.68. The van der Waals surface area contributed by atoms with Gasteiger partial charge in [-0.25, -0.2) is 0 Å². The molecule has 1 aromatic heterocycles. The molecule has 3 nitrogen and oxygen atoms in total. The highest BCUT2D eigenvalue weighted by atomic mass is 79.9. The number of hydrogen-bond donors (Lipinski definition) is 2. The Bertz CT molecular complexity index is 526. The molecule has 0 radical (unpaired) electrons. The molecule has 1 aromatic carbocycles. The molecule has 0 spiro atoms. The third-order valence-electron chi connectivity index (χ3n) is 2.18. The summed E-state index contributed by atoms with van der Waals surface area (Å²) in [7, 11) is 0. The molecule has 0 aliphatic rings. The van der Waals surface area contributed by atoms with Crippen molar-refractivity contribution < 1.29 is 0 Å². The van der Waals surface area contributed by atoms with E-state index in [2.05, 4.69) is 26.2 Å². The van der Waals surface area contributed by atoms with Crippen molar-refractivity contribution in [2.45, 2.75) is 6.54 Å². The van der Waals surface area contributed by atoms with E-state index in [1.165, 1.54) is 4.88 Å². The molecule has 0 atom stereocenters. The molecule has 0 aliphatic heterocycles. The highest BCUT2D eigenvalue weighted by molar-refractivity contribution is 9.10. The molecule has 0 fully saturated rings. The van der Waals surface area contributed by atoms with Gasteiger partial charge in [-0.05, 0) is 18.2 Å².